The number of halogens is 1. The van der Waals surface area contributed by atoms with Gasteiger partial charge in [0.05, 0.1) is 18.7 Å². The first-order chi connectivity index (χ1) is 10.5. The van der Waals surface area contributed by atoms with Gasteiger partial charge in [0.25, 0.3) is 0 Å². The quantitative estimate of drug-likeness (QED) is 0.541. The number of aliphatic carboxylic acids is 1. The maximum absolute atomic E-state index is 11.6. The van der Waals surface area contributed by atoms with Crippen LogP contribution in [0.4, 0.5) is 0 Å². The van der Waals surface area contributed by atoms with Crippen molar-refractivity contribution in [3.05, 3.63) is 28.2 Å². The Morgan fingerprint density at radius 3 is 2.64 bits per heavy atom. The first-order valence-electron chi connectivity index (χ1n) is 6.57. The first-order valence-corrected chi connectivity index (χ1v) is 7.36. The lowest BCUT2D eigenvalue weighted by Crippen LogP contribution is -2.22. The molecule has 6 nitrogen and oxygen atoms in total. The molecule has 0 saturated carbocycles. The Balaban J connectivity index is 2.64. The highest BCUT2D eigenvalue weighted by Crippen LogP contribution is 2.36. The second kappa shape index (κ2) is 9.09. The number of carboxylic acids is 1. The molecule has 1 aromatic carbocycles. The lowest BCUT2D eigenvalue weighted by molar-refractivity contribution is -0.137. The molecular formula is C15H18BrNO5. The molecule has 0 unspecified atom stereocenters. The summed E-state index contributed by atoms with van der Waals surface area (Å²) in [6, 6.07) is 3.55. The molecule has 0 aliphatic rings. The topological polar surface area (TPSA) is 84.9 Å². The zero-order chi connectivity index (χ0) is 16.5. The molecule has 1 amide bonds. The number of carbonyl (C=O) groups is 2. The molecule has 22 heavy (non-hydrogen) atoms. The highest BCUT2D eigenvalue weighted by Gasteiger charge is 2.09. The van der Waals surface area contributed by atoms with E-state index >= 15 is 0 Å². The fourth-order valence-corrected chi connectivity index (χ4v) is 2.34. The van der Waals surface area contributed by atoms with E-state index in [9.17, 15) is 9.59 Å². The smallest absolute Gasteiger partial charge is 0.303 e. The second-order valence-corrected chi connectivity index (χ2v) is 5.21. The van der Waals surface area contributed by atoms with Crippen molar-refractivity contribution in [1.82, 2.24) is 5.32 Å². The molecule has 0 aromatic heterocycles. The molecule has 1 aromatic rings. The van der Waals surface area contributed by atoms with Gasteiger partial charge in [0.2, 0.25) is 5.91 Å². The number of methoxy groups -OCH3 is 2. The van der Waals surface area contributed by atoms with E-state index < -0.39 is 5.97 Å². The van der Waals surface area contributed by atoms with E-state index in [-0.39, 0.29) is 12.3 Å². The Bertz CT molecular complexity index is 571. The number of benzene rings is 1. The van der Waals surface area contributed by atoms with Gasteiger partial charge in [0.1, 0.15) is 0 Å². The number of nitrogens with one attached hydrogen (secondary N) is 1. The molecule has 1 rings (SSSR count). The molecule has 7 heteroatoms. The fraction of sp³-hybridized carbons (Fsp3) is 0.333. The summed E-state index contributed by atoms with van der Waals surface area (Å²) < 4.78 is 11.1. The summed E-state index contributed by atoms with van der Waals surface area (Å²) in [5.41, 5.74) is 0.769. The van der Waals surface area contributed by atoms with Crippen LogP contribution in [-0.4, -0.2) is 37.7 Å². The van der Waals surface area contributed by atoms with E-state index in [2.05, 4.69) is 21.2 Å². The minimum Gasteiger partial charge on any atom is -0.493 e. The number of carbonyl (C=O) groups excluding carboxylic acids is 1. The van der Waals surface area contributed by atoms with E-state index in [1.807, 2.05) is 0 Å². The van der Waals surface area contributed by atoms with Crippen LogP contribution in [0.15, 0.2) is 22.7 Å². The first kappa shape index (κ1) is 18.0. The van der Waals surface area contributed by atoms with Crippen LogP contribution in [0.5, 0.6) is 11.5 Å². The fourth-order valence-electron chi connectivity index (χ4n) is 1.72. The summed E-state index contributed by atoms with van der Waals surface area (Å²) in [6.07, 6.45) is 3.46. The van der Waals surface area contributed by atoms with Gasteiger partial charge in [-0.05, 0) is 46.1 Å². The van der Waals surface area contributed by atoms with E-state index in [4.69, 9.17) is 14.6 Å². The highest BCUT2D eigenvalue weighted by atomic mass is 79.9. The molecule has 0 radical (unpaired) electrons. The predicted octanol–water partition coefficient (Wildman–Crippen LogP) is 2.46. The van der Waals surface area contributed by atoms with Gasteiger partial charge >= 0.3 is 5.97 Å². The molecule has 0 fully saturated rings. The Hall–Kier alpha value is -2.02. The van der Waals surface area contributed by atoms with Crippen molar-refractivity contribution >= 4 is 33.9 Å². The maximum Gasteiger partial charge on any atom is 0.303 e. The minimum absolute atomic E-state index is 0.0343. The van der Waals surface area contributed by atoms with Crippen molar-refractivity contribution < 1.29 is 24.2 Å². The zero-order valence-electron chi connectivity index (χ0n) is 12.4. The van der Waals surface area contributed by atoms with Crippen molar-refractivity contribution in [2.45, 2.75) is 12.8 Å². The third kappa shape index (κ3) is 5.77. The van der Waals surface area contributed by atoms with Gasteiger partial charge in [-0.1, -0.05) is 0 Å². The standard InChI is InChI=1S/C15H18BrNO5/c1-21-12-9-10(8-11(16)15(12)22-2)5-6-13(18)17-7-3-4-14(19)20/h5-6,8-9H,3-4,7H2,1-2H3,(H,17,18)(H,19,20)/b6-5+. The van der Waals surface area contributed by atoms with Gasteiger partial charge in [-0.25, -0.2) is 0 Å². The second-order valence-electron chi connectivity index (χ2n) is 4.36. The monoisotopic (exact) mass is 371 g/mol. The molecule has 0 aliphatic heterocycles. The van der Waals surface area contributed by atoms with Gasteiger partial charge in [-0.15, -0.1) is 0 Å². The van der Waals surface area contributed by atoms with Crippen LogP contribution in [-0.2, 0) is 9.59 Å². The van der Waals surface area contributed by atoms with Crippen molar-refractivity contribution in [1.29, 1.82) is 0 Å². The van der Waals surface area contributed by atoms with Gasteiger partial charge in [-0.3, -0.25) is 9.59 Å². The van der Waals surface area contributed by atoms with Crippen LogP contribution >= 0.6 is 15.9 Å². The minimum atomic E-state index is -0.875. The molecule has 0 heterocycles. The van der Waals surface area contributed by atoms with E-state index in [0.29, 0.717) is 24.5 Å². The summed E-state index contributed by atoms with van der Waals surface area (Å²) in [6.45, 7) is 0.325. The molecule has 2 N–H and O–H groups in total. The summed E-state index contributed by atoms with van der Waals surface area (Å²) in [7, 11) is 3.08. The Morgan fingerprint density at radius 2 is 2.05 bits per heavy atom. The number of hydrogen-bond donors (Lipinski definition) is 2. The van der Waals surface area contributed by atoms with Crippen molar-refractivity contribution in [3.8, 4) is 11.5 Å². The van der Waals surface area contributed by atoms with Crippen LogP contribution in [0.2, 0.25) is 0 Å². The van der Waals surface area contributed by atoms with Gasteiger partial charge in [0.15, 0.2) is 11.5 Å². The number of hydrogen-bond acceptors (Lipinski definition) is 4. The van der Waals surface area contributed by atoms with Crippen LogP contribution in [0.3, 0.4) is 0 Å². The molecule has 0 spiro atoms. The summed E-state index contributed by atoms with van der Waals surface area (Å²) >= 11 is 3.38. The molecular weight excluding hydrogens is 354 g/mol. The van der Waals surface area contributed by atoms with Crippen molar-refractivity contribution in [3.63, 3.8) is 0 Å². The normalized spacial score (nSPS) is 10.5. The molecule has 0 bridgehead atoms. The van der Waals surface area contributed by atoms with Crippen LogP contribution in [0.25, 0.3) is 6.08 Å². The van der Waals surface area contributed by atoms with Crippen LogP contribution in [0.1, 0.15) is 18.4 Å². The van der Waals surface area contributed by atoms with Crippen LogP contribution in [0, 0.1) is 0 Å². The number of carboxylic acid groups (broad SMARTS) is 1. The van der Waals surface area contributed by atoms with E-state index in [0.717, 1.165) is 10.0 Å². The SMILES string of the molecule is COc1cc(/C=C/C(=O)NCCCC(=O)O)cc(Br)c1OC. The molecule has 0 atom stereocenters. The van der Waals surface area contributed by atoms with E-state index in [1.165, 1.54) is 13.2 Å². The summed E-state index contributed by atoms with van der Waals surface area (Å²) in [5, 5.41) is 11.1. The number of ether oxygens (including phenoxy) is 2. The third-order valence-electron chi connectivity index (χ3n) is 2.75. The Kier molecular flexibility index (Phi) is 7.45. The van der Waals surface area contributed by atoms with Crippen molar-refractivity contribution in [2.24, 2.45) is 0 Å². The average Bonchev–Trinajstić information content (AvgIpc) is 2.48. The number of amides is 1. The average molecular weight is 372 g/mol. The molecule has 0 saturated heterocycles. The van der Waals surface area contributed by atoms with Gasteiger partial charge in [-0.2, -0.15) is 0 Å². The van der Waals surface area contributed by atoms with Crippen LogP contribution < -0.4 is 14.8 Å². The maximum atomic E-state index is 11.6. The Labute approximate surface area is 137 Å². The lowest BCUT2D eigenvalue weighted by Gasteiger charge is -2.10. The van der Waals surface area contributed by atoms with Gasteiger partial charge < -0.3 is 19.9 Å². The largest absolute Gasteiger partial charge is 0.493 e. The van der Waals surface area contributed by atoms with E-state index in [1.54, 1.807) is 25.3 Å². The Morgan fingerprint density at radius 1 is 1.32 bits per heavy atom. The van der Waals surface area contributed by atoms with Gasteiger partial charge in [0, 0.05) is 19.0 Å². The van der Waals surface area contributed by atoms with Crippen molar-refractivity contribution in [2.75, 3.05) is 20.8 Å². The predicted molar refractivity (Wildman–Crippen MR) is 86.2 cm³/mol. The highest BCUT2D eigenvalue weighted by molar-refractivity contribution is 9.10. The number of rotatable bonds is 8. The summed E-state index contributed by atoms with van der Waals surface area (Å²) in [4.78, 5) is 22.0. The molecule has 0 aliphatic carbocycles. The lowest BCUT2D eigenvalue weighted by atomic mass is 10.2. The third-order valence-corrected chi connectivity index (χ3v) is 3.34. The molecule has 120 valence electrons. The zero-order valence-corrected chi connectivity index (χ0v) is 14.0. The summed E-state index contributed by atoms with van der Waals surface area (Å²) in [5.74, 6) is -0.0209.